The first-order chi connectivity index (χ1) is 7.61. The summed E-state index contributed by atoms with van der Waals surface area (Å²) in [5.74, 6) is 0. The second-order valence-corrected chi connectivity index (χ2v) is 3.94. The summed E-state index contributed by atoms with van der Waals surface area (Å²) in [5.41, 5.74) is 1.05. The van der Waals surface area contributed by atoms with Crippen molar-refractivity contribution in [3.63, 3.8) is 0 Å². The maximum absolute atomic E-state index is 10.6. The Labute approximate surface area is 99.7 Å². The maximum Gasteiger partial charge on any atom is 0.404 e. The quantitative estimate of drug-likeness (QED) is 0.776. The minimum absolute atomic E-state index is 0.142. The van der Waals surface area contributed by atoms with E-state index in [-0.39, 0.29) is 6.04 Å². The molecular weight excluding hydrogens is 226 g/mol. The van der Waals surface area contributed by atoms with E-state index in [0.29, 0.717) is 17.9 Å². The van der Waals surface area contributed by atoms with Crippen LogP contribution < -0.4 is 5.32 Å². The van der Waals surface area contributed by atoms with Crippen molar-refractivity contribution in [2.75, 3.05) is 0 Å². The lowest BCUT2D eigenvalue weighted by Crippen LogP contribution is -2.34. The van der Waals surface area contributed by atoms with Gasteiger partial charge in [0.25, 0.3) is 0 Å². The molecule has 86 valence electrons. The molecule has 1 aromatic rings. The highest BCUT2D eigenvalue weighted by Gasteiger charge is 2.10. The normalized spacial score (nSPS) is 11.8. The van der Waals surface area contributed by atoms with E-state index in [1.807, 2.05) is 12.1 Å². The molecule has 0 aliphatic heterocycles. The highest BCUT2D eigenvalue weighted by Crippen LogP contribution is 2.12. The molecule has 0 heterocycles. The van der Waals surface area contributed by atoms with Crippen LogP contribution in [-0.2, 0) is 6.42 Å². The van der Waals surface area contributed by atoms with Gasteiger partial charge in [-0.15, -0.1) is 6.58 Å². The number of hydrogen-bond donors (Lipinski definition) is 2. The lowest BCUT2D eigenvalue weighted by molar-refractivity contribution is 0.190. The Morgan fingerprint density at radius 2 is 2.12 bits per heavy atom. The van der Waals surface area contributed by atoms with Crippen LogP contribution in [0.5, 0.6) is 0 Å². The van der Waals surface area contributed by atoms with Gasteiger partial charge in [0, 0.05) is 11.1 Å². The van der Waals surface area contributed by atoms with E-state index in [4.69, 9.17) is 16.7 Å². The zero-order valence-electron chi connectivity index (χ0n) is 8.82. The van der Waals surface area contributed by atoms with Crippen molar-refractivity contribution in [3.05, 3.63) is 47.5 Å². The molecule has 0 saturated heterocycles. The average Bonchev–Trinajstić information content (AvgIpc) is 2.21. The van der Waals surface area contributed by atoms with Gasteiger partial charge >= 0.3 is 6.09 Å². The Morgan fingerprint density at radius 3 is 2.62 bits per heavy atom. The molecule has 0 aromatic heterocycles. The molecule has 0 fully saturated rings. The Bertz CT molecular complexity index is 362. The average molecular weight is 240 g/mol. The van der Waals surface area contributed by atoms with Crippen LogP contribution in [0.1, 0.15) is 12.0 Å². The number of nitrogens with one attached hydrogen (secondary N) is 1. The van der Waals surface area contributed by atoms with Crippen molar-refractivity contribution in [2.24, 2.45) is 0 Å². The third kappa shape index (κ3) is 4.36. The minimum Gasteiger partial charge on any atom is -0.465 e. The summed E-state index contributed by atoms with van der Waals surface area (Å²) in [7, 11) is 0. The van der Waals surface area contributed by atoms with Crippen molar-refractivity contribution in [1.82, 2.24) is 5.32 Å². The summed E-state index contributed by atoms with van der Waals surface area (Å²) in [5, 5.41) is 11.8. The van der Waals surface area contributed by atoms with Crippen molar-refractivity contribution < 1.29 is 9.90 Å². The predicted molar refractivity (Wildman–Crippen MR) is 64.9 cm³/mol. The Kier molecular flexibility index (Phi) is 4.86. The van der Waals surface area contributed by atoms with Gasteiger partial charge in [-0.3, -0.25) is 0 Å². The van der Waals surface area contributed by atoms with E-state index in [1.54, 1.807) is 18.2 Å². The van der Waals surface area contributed by atoms with E-state index < -0.39 is 6.09 Å². The van der Waals surface area contributed by atoms with Gasteiger partial charge < -0.3 is 10.4 Å². The van der Waals surface area contributed by atoms with Gasteiger partial charge in [0.15, 0.2) is 0 Å². The van der Waals surface area contributed by atoms with Crippen LogP contribution in [0.4, 0.5) is 4.79 Å². The molecule has 0 aliphatic carbocycles. The molecule has 0 aliphatic rings. The first kappa shape index (κ1) is 12.6. The molecule has 1 atom stereocenters. The molecule has 2 N–H and O–H groups in total. The third-order valence-corrected chi connectivity index (χ3v) is 2.43. The number of carboxylic acid groups (broad SMARTS) is 1. The standard InChI is InChI=1S/C12H14ClNO2/c1-2-3-11(14-12(15)16)8-9-4-6-10(13)7-5-9/h2,4-7,11,14H,1,3,8H2,(H,15,16). The van der Waals surface area contributed by atoms with Crippen LogP contribution in [0.15, 0.2) is 36.9 Å². The molecule has 1 unspecified atom stereocenters. The van der Waals surface area contributed by atoms with Crippen molar-refractivity contribution in [3.8, 4) is 0 Å². The number of carbonyl (C=O) groups is 1. The van der Waals surface area contributed by atoms with Gasteiger partial charge in [0.05, 0.1) is 0 Å². The summed E-state index contributed by atoms with van der Waals surface area (Å²) in [6.07, 6.45) is 1.93. The number of amides is 1. The van der Waals surface area contributed by atoms with Crippen LogP contribution in [-0.4, -0.2) is 17.2 Å². The monoisotopic (exact) mass is 239 g/mol. The van der Waals surface area contributed by atoms with E-state index >= 15 is 0 Å². The predicted octanol–water partition coefficient (Wildman–Crippen LogP) is 3.09. The van der Waals surface area contributed by atoms with Crippen LogP contribution in [0.3, 0.4) is 0 Å². The number of halogens is 1. The van der Waals surface area contributed by atoms with Gasteiger partial charge in [-0.25, -0.2) is 4.79 Å². The van der Waals surface area contributed by atoms with E-state index in [1.165, 1.54) is 0 Å². The van der Waals surface area contributed by atoms with Crippen molar-refractivity contribution in [1.29, 1.82) is 0 Å². The molecule has 1 amide bonds. The zero-order valence-corrected chi connectivity index (χ0v) is 9.57. The Balaban J connectivity index is 2.63. The number of hydrogen-bond acceptors (Lipinski definition) is 1. The topological polar surface area (TPSA) is 49.3 Å². The van der Waals surface area contributed by atoms with Gasteiger partial charge in [0.2, 0.25) is 0 Å². The smallest absolute Gasteiger partial charge is 0.404 e. The number of benzene rings is 1. The van der Waals surface area contributed by atoms with E-state index in [0.717, 1.165) is 5.56 Å². The highest BCUT2D eigenvalue weighted by atomic mass is 35.5. The molecule has 0 radical (unpaired) electrons. The SMILES string of the molecule is C=CCC(Cc1ccc(Cl)cc1)NC(=O)O. The van der Waals surface area contributed by atoms with Crippen molar-refractivity contribution >= 4 is 17.7 Å². The first-order valence-corrected chi connectivity index (χ1v) is 5.34. The van der Waals surface area contributed by atoms with Crippen LogP contribution in [0.2, 0.25) is 5.02 Å². The molecule has 0 bridgehead atoms. The summed E-state index contributed by atoms with van der Waals surface area (Å²) in [4.78, 5) is 10.6. The van der Waals surface area contributed by atoms with Gasteiger partial charge in [0.1, 0.15) is 0 Å². The summed E-state index contributed by atoms with van der Waals surface area (Å²) >= 11 is 5.77. The molecule has 1 rings (SSSR count). The van der Waals surface area contributed by atoms with Crippen LogP contribution >= 0.6 is 11.6 Å². The van der Waals surface area contributed by atoms with Gasteiger partial charge in [-0.05, 0) is 30.5 Å². The molecule has 1 aromatic carbocycles. The van der Waals surface area contributed by atoms with E-state index in [2.05, 4.69) is 11.9 Å². The largest absolute Gasteiger partial charge is 0.465 e. The molecular formula is C12H14ClNO2. The number of rotatable bonds is 5. The third-order valence-electron chi connectivity index (χ3n) is 2.17. The lowest BCUT2D eigenvalue weighted by atomic mass is 10.0. The van der Waals surface area contributed by atoms with Crippen molar-refractivity contribution in [2.45, 2.75) is 18.9 Å². The van der Waals surface area contributed by atoms with E-state index in [9.17, 15) is 4.79 Å². The molecule has 0 saturated carbocycles. The minimum atomic E-state index is -1.01. The van der Waals surface area contributed by atoms with Gasteiger partial charge in [-0.1, -0.05) is 29.8 Å². The van der Waals surface area contributed by atoms with Gasteiger partial charge in [-0.2, -0.15) is 0 Å². The summed E-state index contributed by atoms with van der Waals surface area (Å²) in [6.45, 7) is 3.61. The fourth-order valence-electron chi connectivity index (χ4n) is 1.47. The maximum atomic E-state index is 10.6. The molecule has 4 heteroatoms. The second kappa shape index (κ2) is 6.18. The summed E-state index contributed by atoms with van der Waals surface area (Å²) < 4.78 is 0. The lowest BCUT2D eigenvalue weighted by Gasteiger charge is -2.14. The fourth-order valence-corrected chi connectivity index (χ4v) is 1.60. The Morgan fingerprint density at radius 1 is 1.50 bits per heavy atom. The van der Waals surface area contributed by atoms with Crippen LogP contribution in [0.25, 0.3) is 0 Å². The molecule has 0 spiro atoms. The first-order valence-electron chi connectivity index (χ1n) is 4.96. The zero-order chi connectivity index (χ0) is 12.0. The Hall–Kier alpha value is -1.48. The molecule has 16 heavy (non-hydrogen) atoms. The summed E-state index contributed by atoms with van der Waals surface area (Å²) in [6, 6.07) is 7.23. The van der Waals surface area contributed by atoms with Crippen LogP contribution in [0, 0.1) is 0 Å². The molecule has 3 nitrogen and oxygen atoms in total. The fraction of sp³-hybridized carbons (Fsp3) is 0.250. The second-order valence-electron chi connectivity index (χ2n) is 3.50. The highest BCUT2D eigenvalue weighted by molar-refractivity contribution is 6.30.